The summed E-state index contributed by atoms with van der Waals surface area (Å²) in [5.74, 6) is -1.63. The summed E-state index contributed by atoms with van der Waals surface area (Å²) in [4.78, 5) is 35.8. The average molecular weight is 507 g/mol. The molecule has 0 amide bonds. The highest BCUT2D eigenvalue weighted by atomic mass is 35.5. The fraction of sp³-hybridized carbons (Fsp3) is 0.259. The van der Waals surface area contributed by atoms with Crippen molar-refractivity contribution in [2.24, 2.45) is 10.9 Å². The molecule has 1 aliphatic heterocycles. The highest BCUT2D eigenvalue weighted by molar-refractivity contribution is 6.35. The highest BCUT2D eigenvalue weighted by Gasteiger charge is 2.60. The monoisotopic (exact) mass is 506 g/mol. The van der Waals surface area contributed by atoms with Gasteiger partial charge in [-0.1, -0.05) is 36.7 Å². The van der Waals surface area contributed by atoms with Gasteiger partial charge in [0.1, 0.15) is 22.1 Å². The first-order valence-electron chi connectivity index (χ1n) is 11.3. The van der Waals surface area contributed by atoms with E-state index < -0.39 is 23.1 Å². The highest BCUT2D eigenvalue weighted by Crippen LogP contribution is 2.54. The summed E-state index contributed by atoms with van der Waals surface area (Å²) >= 11 is 6.47. The van der Waals surface area contributed by atoms with Crippen molar-refractivity contribution < 1.29 is 28.9 Å². The SMILES string of the molecule is COc1cc(OC)c2c(c1Cl)OC1(C2=O)C(O)=C(C=Nc2cccc3ccc(C)nc23)C(=O)CC1C. The number of aliphatic hydroxyl groups excluding tert-OH is 1. The molecule has 1 aliphatic carbocycles. The molecule has 0 saturated heterocycles. The van der Waals surface area contributed by atoms with Crippen LogP contribution in [0.5, 0.6) is 17.2 Å². The Morgan fingerprint density at radius 1 is 1.19 bits per heavy atom. The third kappa shape index (κ3) is 3.36. The lowest BCUT2D eigenvalue weighted by Gasteiger charge is -2.36. The number of methoxy groups -OCH3 is 2. The molecule has 1 N–H and O–H groups in total. The fourth-order valence-corrected chi connectivity index (χ4v) is 5.04. The van der Waals surface area contributed by atoms with E-state index in [-0.39, 0.29) is 45.6 Å². The summed E-state index contributed by atoms with van der Waals surface area (Å²) in [7, 11) is 2.83. The maximum atomic E-state index is 13.8. The van der Waals surface area contributed by atoms with Crippen molar-refractivity contribution >= 4 is 46.0 Å². The van der Waals surface area contributed by atoms with E-state index in [1.54, 1.807) is 13.0 Å². The zero-order chi connectivity index (χ0) is 25.8. The number of aryl methyl sites for hydroxylation is 1. The number of rotatable bonds is 4. The van der Waals surface area contributed by atoms with Crippen LogP contribution in [0.25, 0.3) is 10.9 Å². The second-order valence-corrected chi connectivity index (χ2v) is 9.19. The number of aromatic nitrogens is 1. The van der Waals surface area contributed by atoms with Crippen molar-refractivity contribution in [1.29, 1.82) is 0 Å². The first kappa shape index (κ1) is 23.8. The van der Waals surface area contributed by atoms with E-state index >= 15 is 0 Å². The number of carbonyl (C=O) groups excluding carboxylic acids is 2. The van der Waals surface area contributed by atoms with Gasteiger partial charge >= 0.3 is 0 Å². The Kier molecular flexibility index (Phi) is 5.71. The van der Waals surface area contributed by atoms with Gasteiger partial charge in [0.15, 0.2) is 17.3 Å². The smallest absolute Gasteiger partial charge is 0.231 e. The number of nitrogens with zero attached hydrogens (tertiary/aromatic N) is 2. The van der Waals surface area contributed by atoms with Gasteiger partial charge in [0.05, 0.1) is 31.0 Å². The second kappa shape index (κ2) is 8.64. The quantitative estimate of drug-likeness (QED) is 0.475. The molecule has 9 heteroatoms. The third-order valence-corrected chi connectivity index (χ3v) is 7.04. The molecule has 2 aliphatic rings. The van der Waals surface area contributed by atoms with Gasteiger partial charge in [-0.25, -0.2) is 0 Å². The lowest BCUT2D eigenvalue weighted by molar-refractivity contribution is -0.118. The topological polar surface area (TPSA) is 107 Å². The van der Waals surface area contributed by atoms with E-state index in [0.717, 1.165) is 11.1 Å². The van der Waals surface area contributed by atoms with E-state index in [1.165, 1.54) is 26.5 Å². The van der Waals surface area contributed by atoms with Crippen LogP contribution in [0, 0.1) is 12.8 Å². The first-order valence-corrected chi connectivity index (χ1v) is 11.7. The number of aliphatic hydroxyl groups is 1. The predicted molar refractivity (Wildman–Crippen MR) is 135 cm³/mol. The van der Waals surface area contributed by atoms with Crippen LogP contribution in [-0.4, -0.2) is 47.7 Å². The number of pyridine rings is 1. The summed E-state index contributed by atoms with van der Waals surface area (Å²) < 4.78 is 16.8. The molecule has 5 rings (SSSR count). The number of aliphatic imine (C=N–C) groups is 1. The zero-order valence-electron chi connectivity index (χ0n) is 20.1. The number of Topliss-reactive ketones (excluding diaryl/α,β-unsaturated/α-hetero) is 2. The van der Waals surface area contributed by atoms with E-state index in [2.05, 4.69) is 9.98 Å². The fourth-order valence-electron chi connectivity index (χ4n) is 4.78. The summed E-state index contributed by atoms with van der Waals surface area (Å²) in [6.45, 7) is 3.54. The van der Waals surface area contributed by atoms with Crippen LogP contribution in [0.15, 0.2) is 52.7 Å². The molecule has 0 fully saturated rings. The van der Waals surface area contributed by atoms with Crippen molar-refractivity contribution in [2.75, 3.05) is 14.2 Å². The van der Waals surface area contributed by atoms with Crippen LogP contribution >= 0.6 is 11.6 Å². The number of allylic oxidation sites excluding steroid dienone is 1. The van der Waals surface area contributed by atoms with Crippen LogP contribution in [0.4, 0.5) is 5.69 Å². The van der Waals surface area contributed by atoms with Gasteiger partial charge in [0, 0.05) is 35.7 Å². The van der Waals surface area contributed by atoms with Crippen molar-refractivity contribution in [1.82, 2.24) is 4.98 Å². The Labute approximate surface area is 212 Å². The van der Waals surface area contributed by atoms with Crippen LogP contribution in [0.1, 0.15) is 29.4 Å². The molecule has 0 radical (unpaired) electrons. The van der Waals surface area contributed by atoms with Crippen molar-refractivity contribution in [3.8, 4) is 17.2 Å². The van der Waals surface area contributed by atoms with Crippen LogP contribution < -0.4 is 14.2 Å². The maximum Gasteiger partial charge on any atom is 0.231 e. The van der Waals surface area contributed by atoms with Gasteiger partial charge in [-0.2, -0.15) is 0 Å². The van der Waals surface area contributed by atoms with E-state index in [0.29, 0.717) is 11.2 Å². The maximum absolute atomic E-state index is 13.8. The molecule has 3 aromatic rings. The Bertz CT molecular complexity index is 1510. The molecular formula is C27H23ClN2O6. The zero-order valence-corrected chi connectivity index (χ0v) is 20.8. The predicted octanol–water partition coefficient (Wildman–Crippen LogP) is 5.35. The van der Waals surface area contributed by atoms with Crippen molar-refractivity contribution in [2.45, 2.75) is 25.9 Å². The summed E-state index contributed by atoms with van der Waals surface area (Å²) in [5, 5.41) is 12.4. The number of para-hydroxylation sites is 1. The molecule has 1 spiro atoms. The molecule has 0 saturated carbocycles. The molecule has 0 bridgehead atoms. The lowest BCUT2D eigenvalue weighted by Crippen LogP contribution is -2.52. The second-order valence-electron chi connectivity index (χ2n) is 8.82. The molecule has 36 heavy (non-hydrogen) atoms. The molecule has 1 aromatic heterocycles. The molecule has 2 heterocycles. The van der Waals surface area contributed by atoms with Gasteiger partial charge < -0.3 is 19.3 Å². The average Bonchev–Trinajstić information content (AvgIpc) is 3.18. The van der Waals surface area contributed by atoms with Crippen LogP contribution in [0.2, 0.25) is 5.02 Å². The van der Waals surface area contributed by atoms with Gasteiger partial charge in [-0.05, 0) is 19.1 Å². The van der Waals surface area contributed by atoms with Crippen molar-refractivity contribution in [3.05, 3.63) is 64.0 Å². The first-order chi connectivity index (χ1) is 17.2. The number of hydrogen-bond acceptors (Lipinski definition) is 8. The lowest BCUT2D eigenvalue weighted by atomic mass is 9.73. The normalized spacial score (nSPS) is 21.4. The molecular weight excluding hydrogens is 484 g/mol. The number of ether oxygens (including phenoxy) is 3. The number of ketones is 2. The summed E-state index contributed by atoms with van der Waals surface area (Å²) in [5.41, 5.74) is 0.117. The molecule has 2 aromatic carbocycles. The summed E-state index contributed by atoms with van der Waals surface area (Å²) in [6.07, 6.45) is 1.22. The Morgan fingerprint density at radius 3 is 2.67 bits per heavy atom. The van der Waals surface area contributed by atoms with E-state index in [1.807, 2.05) is 31.2 Å². The Balaban J connectivity index is 1.65. The number of halogens is 1. The van der Waals surface area contributed by atoms with E-state index in [9.17, 15) is 14.7 Å². The molecule has 8 nitrogen and oxygen atoms in total. The van der Waals surface area contributed by atoms with E-state index in [4.69, 9.17) is 25.8 Å². The standard InChI is InChI=1S/C27H23ClN2O6/c1-13-10-18(31)16(12-29-17-7-5-6-15-9-8-14(2)30-23(15)17)25(32)27(13)26(33)21-19(34-3)11-20(35-4)22(28)24(21)36-27/h5-9,11-13,32H,10H2,1-4H3. The Morgan fingerprint density at radius 2 is 1.94 bits per heavy atom. The largest absolute Gasteiger partial charge is 0.507 e. The van der Waals surface area contributed by atoms with Gasteiger partial charge in [0.2, 0.25) is 11.4 Å². The van der Waals surface area contributed by atoms with Crippen LogP contribution in [0.3, 0.4) is 0 Å². The van der Waals surface area contributed by atoms with Gasteiger partial charge in [0.25, 0.3) is 0 Å². The van der Waals surface area contributed by atoms with Gasteiger partial charge in [-0.15, -0.1) is 0 Å². The number of carbonyl (C=O) groups is 2. The minimum Gasteiger partial charge on any atom is -0.507 e. The molecule has 2 unspecified atom stereocenters. The number of benzene rings is 2. The van der Waals surface area contributed by atoms with Crippen LogP contribution in [-0.2, 0) is 4.79 Å². The third-order valence-electron chi connectivity index (χ3n) is 6.68. The minimum atomic E-state index is -1.85. The van der Waals surface area contributed by atoms with Gasteiger partial charge in [-0.3, -0.25) is 19.6 Å². The molecule has 2 atom stereocenters. The Hall–Kier alpha value is -3.91. The number of hydrogen-bond donors (Lipinski definition) is 1. The summed E-state index contributed by atoms with van der Waals surface area (Å²) in [6, 6.07) is 10.8. The minimum absolute atomic E-state index is 0.0376. The molecule has 184 valence electrons. The van der Waals surface area contributed by atoms with Crippen molar-refractivity contribution in [3.63, 3.8) is 0 Å². The number of fused-ring (bicyclic) bond motifs is 2.